The molecular weight excluding hydrogens is 1070 g/mol. The van der Waals surface area contributed by atoms with E-state index < -0.39 is 49.6 Å². The van der Waals surface area contributed by atoms with E-state index in [1.54, 1.807) is 146 Å². The number of ketones is 1. The minimum absolute atomic E-state index is 0.0171. The number of sulfonamides is 2. The molecular formula is C58H50N6O14S2. The van der Waals surface area contributed by atoms with E-state index in [0.717, 1.165) is 11.1 Å². The Morgan fingerprint density at radius 3 is 1.49 bits per heavy atom. The summed E-state index contributed by atoms with van der Waals surface area (Å²) < 4.78 is 82.6. The number of hydrogen-bond donors (Lipinski definition) is 3. The van der Waals surface area contributed by atoms with Gasteiger partial charge in [0.2, 0.25) is 31.2 Å². The molecule has 3 aromatic heterocycles. The van der Waals surface area contributed by atoms with Gasteiger partial charge in [-0.05, 0) is 115 Å². The Bertz CT molecular complexity index is 4150. The molecule has 0 fully saturated rings. The van der Waals surface area contributed by atoms with Crippen molar-refractivity contribution < 1.29 is 65.2 Å². The lowest BCUT2D eigenvalue weighted by molar-refractivity contribution is -0.364. The Morgan fingerprint density at radius 1 is 0.588 bits per heavy atom. The molecule has 2 aliphatic rings. The number of fused-ring (bicyclic) bond motifs is 4. The van der Waals surface area contributed by atoms with Gasteiger partial charge in [-0.2, -0.15) is 5.06 Å². The van der Waals surface area contributed by atoms with Crippen LogP contribution in [0.15, 0.2) is 168 Å². The fourth-order valence-corrected chi connectivity index (χ4v) is 11.5. The van der Waals surface area contributed by atoms with Crippen LogP contribution in [0.25, 0.3) is 21.8 Å². The van der Waals surface area contributed by atoms with Gasteiger partial charge < -0.3 is 28.1 Å². The zero-order valence-corrected chi connectivity index (χ0v) is 45.1. The molecule has 2 atom stereocenters. The molecule has 6 aromatic carbocycles. The van der Waals surface area contributed by atoms with Gasteiger partial charge in [-0.25, -0.2) is 31.5 Å². The Kier molecular flexibility index (Phi) is 14.7. The van der Waals surface area contributed by atoms with Gasteiger partial charge >= 0.3 is 0 Å². The Hall–Kier alpha value is -9.35. The van der Waals surface area contributed by atoms with E-state index in [0.29, 0.717) is 83.4 Å². The zero-order valence-electron chi connectivity index (χ0n) is 43.4. The van der Waals surface area contributed by atoms with Crippen LogP contribution in [-0.4, -0.2) is 85.4 Å². The average molecular weight is 1120 g/mol. The lowest BCUT2D eigenvalue weighted by atomic mass is 9.89. The van der Waals surface area contributed by atoms with Crippen molar-refractivity contribution in [3.8, 4) is 23.0 Å². The summed E-state index contributed by atoms with van der Waals surface area (Å²) in [6.45, 7) is 3.77. The number of aryl methyl sites for hydroxylation is 4. The van der Waals surface area contributed by atoms with Gasteiger partial charge in [0.1, 0.15) is 5.69 Å². The lowest BCUT2D eigenvalue weighted by Crippen LogP contribution is -2.35. The van der Waals surface area contributed by atoms with Gasteiger partial charge in [-0.3, -0.25) is 24.2 Å². The molecule has 22 heteroatoms. The van der Waals surface area contributed by atoms with E-state index >= 15 is 0 Å². The van der Waals surface area contributed by atoms with Crippen LogP contribution < -0.4 is 28.4 Å². The van der Waals surface area contributed by atoms with E-state index in [1.807, 2.05) is 18.4 Å². The van der Waals surface area contributed by atoms with Crippen LogP contribution in [0.1, 0.15) is 71.6 Å². The van der Waals surface area contributed by atoms with Gasteiger partial charge in [0.05, 0.1) is 21.6 Å². The summed E-state index contributed by atoms with van der Waals surface area (Å²) in [4.78, 5) is 61.3. The summed E-state index contributed by atoms with van der Waals surface area (Å²) in [5, 5.41) is 10.8. The fraction of sp³-hybridized carbons (Fsp3) is 0.155. The number of aromatic nitrogens is 3. The number of ether oxygens (including phenoxy) is 4. The maximum Gasteiger partial charge on any atom is 0.279 e. The first kappa shape index (κ1) is 54.0. The number of hydrogen-bond acceptors (Lipinski definition) is 15. The molecule has 0 bridgehead atoms. The van der Waals surface area contributed by atoms with Gasteiger partial charge in [-0.15, -0.1) is 4.99 Å². The molecule has 0 radical (unpaired) electrons. The summed E-state index contributed by atoms with van der Waals surface area (Å²) >= 11 is 0. The SMILES string of the molecule is Cc1ccc(S(=O)(=O)NC(=O)C(c2ccc3c(c2)OCO3)c2cn(C)c3cc(C(=O)N(C)OO)ccc23)cc1.Cc1ccc(S(=O)(=O)NC(=O)C(c2ccc3c(c2)OCO3)c2cn(C)c3cc(C(=O)c4ccccn4)ccc23)cc1. The van der Waals surface area contributed by atoms with Crippen molar-refractivity contribution in [2.24, 2.45) is 14.1 Å². The van der Waals surface area contributed by atoms with Gasteiger partial charge in [0, 0.05) is 72.7 Å². The normalized spacial score (nSPS) is 13.3. The van der Waals surface area contributed by atoms with Crippen LogP contribution in [0, 0.1) is 13.8 Å². The Balaban J connectivity index is 0.000000180. The summed E-state index contributed by atoms with van der Waals surface area (Å²) in [6, 6.07) is 37.6. The quantitative estimate of drug-likeness (QED) is 0.0533. The number of benzene rings is 6. The van der Waals surface area contributed by atoms with Gasteiger partial charge in [-0.1, -0.05) is 71.8 Å². The second kappa shape index (κ2) is 21.8. The second-order valence-electron chi connectivity index (χ2n) is 18.9. The maximum atomic E-state index is 13.9. The third-order valence-electron chi connectivity index (χ3n) is 13.6. The van der Waals surface area contributed by atoms with Crippen LogP contribution >= 0.6 is 0 Å². The van der Waals surface area contributed by atoms with Crippen molar-refractivity contribution in [1.29, 1.82) is 0 Å². The zero-order chi connectivity index (χ0) is 56.6. The minimum atomic E-state index is -4.18. The largest absolute Gasteiger partial charge is 0.454 e. The third kappa shape index (κ3) is 10.8. The molecule has 408 valence electrons. The smallest absolute Gasteiger partial charge is 0.279 e. The van der Waals surface area contributed by atoms with Crippen molar-refractivity contribution in [3.63, 3.8) is 0 Å². The molecule has 2 unspecified atom stereocenters. The third-order valence-corrected chi connectivity index (χ3v) is 16.3. The predicted octanol–water partition coefficient (Wildman–Crippen LogP) is 7.81. The van der Waals surface area contributed by atoms with Crippen LogP contribution in [-0.2, 0) is 48.7 Å². The predicted molar refractivity (Wildman–Crippen MR) is 291 cm³/mol. The molecule has 2 aliphatic heterocycles. The summed E-state index contributed by atoms with van der Waals surface area (Å²) in [6.07, 6.45) is 5.04. The highest BCUT2D eigenvalue weighted by molar-refractivity contribution is 7.90. The van der Waals surface area contributed by atoms with Crippen molar-refractivity contribution >= 4 is 65.4 Å². The average Bonchev–Trinajstić information content (AvgIpc) is 4.28. The Morgan fingerprint density at radius 2 is 1.04 bits per heavy atom. The highest BCUT2D eigenvalue weighted by atomic mass is 32.2. The topological polar surface area (TPSA) is 253 Å². The van der Waals surface area contributed by atoms with Crippen LogP contribution in [0.4, 0.5) is 0 Å². The fourth-order valence-electron chi connectivity index (χ4n) is 9.49. The number of amides is 3. The number of carbonyl (C=O) groups excluding carboxylic acids is 4. The highest BCUT2D eigenvalue weighted by Gasteiger charge is 2.34. The van der Waals surface area contributed by atoms with Gasteiger partial charge in [0.15, 0.2) is 23.0 Å². The van der Waals surface area contributed by atoms with Crippen molar-refractivity contribution in [3.05, 3.63) is 208 Å². The molecule has 0 saturated heterocycles. The standard InChI is InChI=1S/C31H25N3O6S.C27H25N3O8S/c1-19-6-10-22(11-7-19)41(37,38)33-31(36)29(20-9-13-27-28(16-20)40-18-39-27)24-17-34(2)26-15-21(8-12-23(24)26)30(35)25-5-3-4-14-32-25;1-16-4-8-19(9-5-16)39(34,35)28-26(31)25(17-7-11-23-24(13-17)37-15-36-23)21-14-29(2)22-12-18(6-10-20(21)22)27(32)30(3)38-33/h3-17,29H,18H2,1-2H3,(H,33,36);4-14,25,33H,15H2,1-3H3,(H,28,31). The first-order chi connectivity index (χ1) is 38.3. The number of hydroxylamine groups is 2. The summed E-state index contributed by atoms with van der Waals surface area (Å²) in [5.74, 6) is -2.45. The number of nitrogens with one attached hydrogen (secondary N) is 2. The molecule has 0 saturated carbocycles. The highest BCUT2D eigenvalue weighted by Crippen LogP contribution is 2.41. The Labute approximate surface area is 458 Å². The van der Waals surface area contributed by atoms with Crippen molar-refractivity contribution in [2.45, 2.75) is 35.5 Å². The first-order valence-electron chi connectivity index (χ1n) is 24.6. The van der Waals surface area contributed by atoms with Crippen molar-refractivity contribution in [2.75, 3.05) is 20.6 Å². The molecule has 9 aromatic rings. The number of nitrogens with zero attached hydrogens (tertiary/aromatic N) is 4. The maximum absolute atomic E-state index is 13.9. The molecule has 5 heterocycles. The molecule has 0 spiro atoms. The summed E-state index contributed by atoms with van der Waals surface area (Å²) in [5.41, 5.74) is 6.14. The van der Waals surface area contributed by atoms with E-state index in [-0.39, 0.29) is 34.7 Å². The van der Waals surface area contributed by atoms with Crippen molar-refractivity contribution in [1.82, 2.24) is 28.6 Å². The van der Waals surface area contributed by atoms with Crippen LogP contribution in [0.3, 0.4) is 0 Å². The first-order valence-corrected chi connectivity index (χ1v) is 27.6. The monoisotopic (exact) mass is 1120 g/mol. The minimum Gasteiger partial charge on any atom is -0.454 e. The van der Waals surface area contributed by atoms with Crippen LogP contribution in [0.2, 0.25) is 0 Å². The molecule has 11 rings (SSSR count). The molecule has 0 aliphatic carbocycles. The van der Waals surface area contributed by atoms with E-state index in [9.17, 15) is 36.0 Å². The number of pyridine rings is 1. The summed E-state index contributed by atoms with van der Waals surface area (Å²) in [7, 11) is -3.53. The van der Waals surface area contributed by atoms with E-state index in [1.165, 1.54) is 37.4 Å². The number of rotatable bonds is 14. The van der Waals surface area contributed by atoms with Crippen LogP contribution in [0.5, 0.6) is 23.0 Å². The van der Waals surface area contributed by atoms with E-state index in [4.69, 9.17) is 24.2 Å². The molecule has 80 heavy (non-hydrogen) atoms. The second-order valence-corrected chi connectivity index (χ2v) is 22.3. The lowest BCUT2D eigenvalue weighted by Gasteiger charge is -2.18. The molecule has 20 nitrogen and oxygen atoms in total. The van der Waals surface area contributed by atoms with E-state index in [2.05, 4.69) is 19.4 Å². The van der Waals surface area contributed by atoms with Gasteiger partial charge in [0.25, 0.3) is 26.0 Å². The molecule has 3 N–H and O–H groups in total. The molecule has 3 amide bonds. The number of carbonyl (C=O) groups is 4.